The molecule has 2 aromatic carbocycles. The van der Waals surface area contributed by atoms with Gasteiger partial charge < -0.3 is 4.90 Å². The van der Waals surface area contributed by atoms with Crippen LogP contribution in [0.2, 0.25) is 0 Å². The average molecular weight is 197 g/mol. The van der Waals surface area contributed by atoms with E-state index in [1.807, 2.05) is 0 Å². The van der Waals surface area contributed by atoms with Crippen molar-refractivity contribution >= 4 is 16.5 Å². The van der Waals surface area contributed by atoms with Crippen LogP contribution in [0, 0.1) is 6.92 Å². The average Bonchev–Trinajstić information content (AvgIpc) is 2.62. The Morgan fingerprint density at radius 2 is 1.87 bits per heavy atom. The zero-order valence-electron chi connectivity index (χ0n) is 9.25. The van der Waals surface area contributed by atoms with Gasteiger partial charge in [-0.3, -0.25) is 0 Å². The number of hydrogen-bond donors (Lipinski definition) is 0. The van der Waals surface area contributed by atoms with E-state index in [1.54, 1.807) is 0 Å². The highest BCUT2D eigenvalue weighted by Crippen LogP contribution is 2.35. The van der Waals surface area contributed by atoms with Crippen molar-refractivity contribution in [2.75, 3.05) is 18.5 Å². The van der Waals surface area contributed by atoms with E-state index in [-0.39, 0.29) is 0 Å². The van der Waals surface area contributed by atoms with Gasteiger partial charge in [0.05, 0.1) is 0 Å². The molecule has 1 heterocycles. The molecule has 0 saturated carbocycles. The first-order chi connectivity index (χ1) is 7.27. The lowest BCUT2D eigenvalue weighted by Crippen LogP contribution is -2.12. The Morgan fingerprint density at radius 1 is 1.13 bits per heavy atom. The number of likely N-dealkylation sites (N-methyl/N-ethyl adjacent to an activating group) is 1. The molecule has 0 aromatic heterocycles. The summed E-state index contributed by atoms with van der Waals surface area (Å²) in [7, 11) is 2.18. The van der Waals surface area contributed by atoms with Gasteiger partial charge in [-0.05, 0) is 41.3 Å². The molecule has 0 N–H and O–H groups in total. The third kappa shape index (κ3) is 1.16. The van der Waals surface area contributed by atoms with E-state index in [2.05, 4.69) is 49.2 Å². The first-order valence-corrected chi connectivity index (χ1v) is 5.50. The molecule has 3 rings (SSSR count). The van der Waals surface area contributed by atoms with Crippen molar-refractivity contribution in [2.45, 2.75) is 13.3 Å². The minimum atomic E-state index is 1.16. The van der Waals surface area contributed by atoms with Crippen molar-refractivity contribution in [2.24, 2.45) is 0 Å². The van der Waals surface area contributed by atoms with Gasteiger partial charge >= 0.3 is 0 Å². The molecule has 0 radical (unpaired) electrons. The number of hydrogen-bond acceptors (Lipinski definition) is 1. The van der Waals surface area contributed by atoms with Crippen LogP contribution in [-0.4, -0.2) is 13.6 Å². The van der Waals surface area contributed by atoms with Gasteiger partial charge in [0.2, 0.25) is 0 Å². The number of nitrogens with zero attached hydrogens (tertiary/aromatic N) is 1. The fourth-order valence-corrected chi connectivity index (χ4v) is 2.60. The second-order valence-electron chi connectivity index (χ2n) is 4.41. The molecule has 2 aromatic rings. The summed E-state index contributed by atoms with van der Waals surface area (Å²) in [5.41, 5.74) is 4.34. The van der Waals surface area contributed by atoms with Gasteiger partial charge in [-0.1, -0.05) is 24.3 Å². The second-order valence-corrected chi connectivity index (χ2v) is 4.41. The second kappa shape index (κ2) is 2.99. The largest absolute Gasteiger partial charge is 0.374 e. The van der Waals surface area contributed by atoms with Gasteiger partial charge in [0.15, 0.2) is 0 Å². The molecule has 1 aliphatic heterocycles. The maximum atomic E-state index is 2.36. The molecule has 1 heteroatoms. The first-order valence-electron chi connectivity index (χ1n) is 5.50. The molecular weight excluding hydrogens is 182 g/mol. The zero-order valence-corrected chi connectivity index (χ0v) is 9.25. The summed E-state index contributed by atoms with van der Waals surface area (Å²) >= 11 is 0. The highest BCUT2D eigenvalue weighted by Gasteiger charge is 2.18. The normalized spacial score (nSPS) is 14.7. The molecule has 0 fully saturated rings. The molecule has 1 aliphatic rings. The van der Waals surface area contributed by atoms with Crippen LogP contribution >= 0.6 is 0 Å². The number of anilines is 1. The van der Waals surface area contributed by atoms with Crippen LogP contribution in [0.1, 0.15) is 11.1 Å². The van der Waals surface area contributed by atoms with Crippen LogP contribution < -0.4 is 4.90 Å². The molecule has 76 valence electrons. The van der Waals surface area contributed by atoms with Crippen LogP contribution in [0.3, 0.4) is 0 Å². The molecule has 0 atom stereocenters. The van der Waals surface area contributed by atoms with Crippen LogP contribution in [0.15, 0.2) is 30.3 Å². The Morgan fingerprint density at radius 3 is 2.67 bits per heavy atom. The van der Waals surface area contributed by atoms with E-state index in [0.29, 0.717) is 0 Å². The number of fused-ring (bicyclic) bond motifs is 3. The molecular formula is C14H15N. The standard InChI is InChI=1S/C14H15N/c1-10-9-14-13(7-8-15(14)2)12-6-4-3-5-11(10)12/h3-6,9H,7-8H2,1-2H3. The van der Waals surface area contributed by atoms with Crippen molar-refractivity contribution < 1.29 is 0 Å². The van der Waals surface area contributed by atoms with E-state index in [9.17, 15) is 0 Å². The van der Waals surface area contributed by atoms with E-state index in [4.69, 9.17) is 0 Å². The molecule has 0 amide bonds. The lowest BCUT2D eigenvalue weighted by atomic mass is 9.98. The van der Waals surface area contributed by atoms with Gasteiger partial charge in [0.1, 0.15) is 0 Å². The summed E-state index contributed by atoms with van der Waals surface area (Å²) in [5.74, 6) is 0. The lowest BCUT2D eigenvalue weighted by Gasteiger charge is -2.14. The molecule has 0 aliphatic carbocycles. The van der Waals surface area contributed by atoms with Gasteiger partial charge in [-0.25, -0.2) is 0 Å². The van der Waals surface area contributed by atoms with Crippen LogP contribution in [0.5, 0.6) is 0 Å². The zero-order chi connectivity index (χ0) is 10.4. The van der Waals surface area contributed by atoms with Gasteiger partial charge in [-0.15, -0.1) is 0 Å². The van der Waals surface area contributed by atoms with Gasteiger partial charge in [0.25, 0.3) is 0 Å². The van der Waals surface area contributed by atoms with E-state index < -0.39 is 0 Å². The number of benzene rings is 2. The molecule has 15 heavy (non-hydrogen) atoms. The van der Waals surface area contributed by atoms with Crippen LogP contribution in [0.25, 0.3) is 10.8 Å². The van der Waals surface area contributed by atoms with Crippen LogP contribution in [0.4, 0.5) is 5.69 Å². The number of rotatable bonds is 0. The topological polar surface area (TPSA) is 3.24 Å². The summed E-state index contributed by atoms with van der Waals surface area (Å²) in [5, 5.41) is 2.85. The van der Waals surface area contributed by atoms with E-state index in [0.717, 1.165) is 6.54 Å². The van der Waals surface area contributed by atoms with Crippen molar-refractivity contribution in [1.82, 2.24) is 0 Å². The first kappa shape index (κ1) is 8.78. The third-order valence-electron chi connectivity index (χ3n) is 3.45. The summed E-state index contributed by atoms with van der Waals surface area (Å²) < 4.78 is 0. The number of aryl methyl sites for hydroxylation is 1. The summed E-state index contributed by atoms with van der Waals surface area (Å²) in [6, 6.07) is 11.1. The minimum absolute atomic E-state index is 1.16. The lowest BCUT2D eigenvalue weighted by molar-refractivity contribution is 0.957. The summed E-state index contributed by atoms with van der Waals surface area (Å²) in [6.45, 7) is 3.36. The monoisotopic (exact) mass is 197 g/mol. The predicted molar refractivity (Wildman–Crippen MR) is 65.7 cm³/mol. The Balaban J connectivity index is 2.43. The molecule has 1 nitrogen and oxygen atoms in total. The predicted octanol–water partition coefficient (Wildman–Crippen LogP) is 3.14. The van der Waals surface area contributed by atoms with Crippen LogP contribution in [-0.2, 0) is 6.42 Å². The quantitative estimate of drug-likeness (QED) is 0.627. The fourth-order valence-electron chi connectivity index (χ4n) is 2.60. The third-order valence-corrected chi connectivity index (χ3v) is 3.45. The van der Waals surface area contributed by atoms with Crippen molar-refractivity contribution in [1.29, 1.82) is 0 Å². The highest BCUT2D eigenvalue weighted by atomic mass is 15.1. The highest BCUT2D eigenvalue weighted by molar-refractivity contribution is 5.93. The van der Waals surface area contributed by atoms with E-state index >= 15 is 0 Å². The van der Waals surface area contributed by atoms with Gasteiger partial charge in [-0.2, -0.15) is 0 Å². The fraction of sp³-hybridized carbons (Fsp3) is 0.286. The Hall–Kier alpha value is -1.50. The van der Waals surface area contributed by atoms with Gasteiger partial charge in [0, 0.05) is 19.3 Å². The Bertz CT molecular complexity index is 528. The Labute approximate surface area is 90.3 Å². The Kier molecular flexibility index (Phi) is 1.75. The maximum Gasteiger partial charge on any atom is 0.0406 e. The maximum absolute atomic E-state index is 2.36. The smallest absolute Gasteiger partial charge is 0.0406 e. The molecule has 0 spiro atoms. The summed E-state index contributed by atoms with van der Waals surface area (Å²) in [6.07, 6.45) is 1.19. The molecule has 0 bridgehead atoms. The minimum Gasteiger partial charge on any atom is -0.374 e. The molecule has 0 saturated heterocycles. The molecule has 0 unspecified atom stereocenters. The summed E-state index contributed by atoms with van der Waals surface area (Å²) in [4.78, 5) is 2.36. The van der Waals surface area contributed by atoms with E-state index in [1.165, 1.54) is 34.0 Å². The van der Waals surface area contributed by atoms with Crippen molar-refractivity contribution in [3.05, 3.63) is 41.5 Å². The SMILES string of the molecule is Cc1cc2c(c3ccccc13)CCN2C. The van der Waals surface area contributed by atoms with Crippen molar-refractivity contribution in [3.63, 3.8) is 0 Å². The van der Waals surface area contributed by atoms with Crippen molar-refractivity contribution in [3.8, 4) is 0 Å².